The zero-order valence-electron chi connectivity index (χ0n) is 7.65. The normalized spacial score (nSPS) is 28.9. The SMILES string of the molecule is Cc1ccc(C2(N)CC2(F)F)c(F)c1. The van der Waals surface area contributed by atoms with Gasteiger partial charge in [-0.25, -0.2) is 13.2 Å². The number of alkyl halides is 2. The highest BCUT2D eigenvalue weighted by molar-refractivity contribution is 5.38. The van der Waals surface area contributed by atoms with E-state index in [1.54, 1.807) is 13.0 Å². The van der Waals surface area contributed by atoms with Crippen molar-refractivity contribution in [2.75, 3.05) is 0 Å². The molecule has 0 heterocycles. The van der Waals surface area contributed by atoms with E-state index in [4.69, 9.17) is 5.73 Å². The van der Waals surface area contributed by atoms with Crippen LogP contribution in [0.1, 0.15) is 17.5 Å². The largest absolute Gasteiger partial charge is 0.316 e. The topological polar surface area (TPSA) is 26.0 Å². The smallest absolute Gasteiger partial charge is 0.272 e. The van der Waals surface area contributed by atoms with Gasteiger partial charge in [0.2, 0.25) is 0 Å². The number of aryl methyl sites for hydroxylation is 1. The average molecular weight is 201 g/mol. The van der Waals surface area contributed by atoms with E-state index in [-0.39, 0.29) is 5.56 Å². The molecule has 1 aliphatic carbocycles. The molecule has 1 fully saturated rings. The molecule has 1 atom stereocenters. The van der Waals surface area contributed by atoms with Gasteiger partial charge in [-0.1, -0.05) is 12.1 Å². The predicted octanol–water partition coefficient (Wildman–Crippen LogP) is 2.33. The third kappa shape index (κ3) is 1.14. The van der Waals surface area contributed by atoms with Crippen molar-refractivity contribution in [3.8, 4) is 0 Å². The highest BCUT2D eigenvalue weighted by Gasteiger charge is 2.70. The molecule has 1 aromatic carbocycles. The van der Waals surface area contributed by atoms with Crippen LogP contribution in [0.3, 0.4) is 0 Å². The first-order chi connectivity index (χ1) is 6.37. The zero-order valence-corrected chi connectivity index (χ0v) is 7.65. The lowest BCUT2D eigenvalue weighted by Crippen LogP contribution is -2.28. The second-order valence-corrected chi connectivity index (χ2v) is 3.84. The van der Waals surface area contributed by atoms with Gasteiger partial charge in [0.1, 0.15) is 11.4 Å². The van der Waals surface area contributed by atoms with Crippen molar-refractivity contribution in [3.63, 3.8) is 0 Å². The van der Waals surface area contributed by atoms with Crippen molar-refractivity contribution in [1.82, 2.24) is 0 Å². The summed E-state index contributed by atoms with van der Waals surface area (Å²) < 4.78 is 39.0. The van der Waals surface area contributed by atoms with Crippen LogP contribution < -0.4 is 5.73 Å². The third-order valence-electron chi connectivity index (χ3n) is 2.63. The number of rotatable bonds is 1. The summed E-state index contributed by atoms with van der Waals surface area (Å²) in [5.74, 6) is -3.62. The monoisotopic (exact) mass is 201 g/mol. The van der Waals surface area contributed by atoms with Gasteiger partial charge in [-0.2, -0.15) is 0 Å². The van der Waals surface area contributed by atoms with Crippen LogP contribution in [0.15, 0.2) is 18.2 Å². The molecule has 0 aromatic heterocycles. The molecule has 0 bridgehead atoms. The second-order valence-electron chi connectivity index (χ2n) is 3.84. The summed E-state index contributed by atoms with van der Waals surface area (Å²) >= 11 is 0. The van der Waals surface area contributed by atoms with Gasteiger partial charge < -0.3 is 5.73 Å². The Balaban J connectivity index is 2.45. The Labute approximate surface area is 79.7 Å². The molecule has 14 heavy (non-hydrogen) atoms. The van der Waals surface area contributed by atoms with Crippen LogP contribution in [0.5, 0.6) is 0 Å². The maximum Gasteiger partial charge on any atom is 0.272 e. The molecule has 1 saturated carbocycles. The summed E-state index contributed by atoms with van der Waals surface area (Å²) in [6.07, 6.45) is -0.472. The highest BCUT2D eigenvalue weighted by Crippen LogP contribution is 2.57. The van der Waals surface area contributed by atoms with Gasteiger partial charge in [-0.15, -0.1) is 0 Å². The predicted molar refractivity (Wildman–Crippen MR) is 46.6 cm³/mol. The van der Waals surface area contributed by atoms with E-state index in [0.29, 0.717) is 5.56 Å². The minimum absolute atomic E-state index is 0.0897. The van der Waals surface area contributed by atoms with E-state index < -0.39 is 23.7 Å². The molecular formula is C10H10F3N. The van der Waals surface area contributed by atoms with Crippen molar-refractivity contribution < 1.29 is 13.2 Å². The Bertz CT molecular complexity index is 389. The Kier molecular flexibility index (Phi) is 1.71. The Morgan fingerprint density at radius 2 is 1.93 bits per heavy atom. The first-order valence-corrected chi connectivity index (χ1v) is 4.30. The zero-order chi connectivity index (χ0) is 10.6. The summed E-state index contributed by atoms with van der Waals surface area (Å²) in [6.45, 7) is 1.70. The summed E-state index contributed by atoms with van der Waals surface area (Å²) in [7, 11) is 0. The molecule has 1 nitrogen and oxygen atoms in total. The molecule has 2 rings (SSSR count). The summed E-state index contributed by atoms with van der Waals surface area (Å²) in [4.78, 5) is 0. The van der Waals surface area contributed by atoms with Crippen molar-refractivity contribution >= 4 is 0 Å². The van der Waals surface area contributed by atoms with E-state index in [1.807, 2.05) is 0 Å². The molecule has 2 N–H and O–H groups in total. The lowest BCUT2D eigenvalue weighted by atomic mass is 10.0. The fourth-order valence-corrected chi connectivity index (χ4v) is 1.58. The van der Waals surface area contributed by atoms with E-state index in [0.717, 1.165) is 0 Å². The summed E-state index contributed by atoms with van der Waals surface area (Å²) in [6, 6.07) is 4.14. The van der Waals surface area contributed by atoms with Crippen LogP contribution >= 0.6 is 0 Å². The maximum atomic E-state index is 13.3. The van der Waals surface area contributed by atoms with Gasteiger partial charge in [-0.3, -0.25) is 0 Å². The maximum absolute atomic E-state index is 13.3. The average Bonchev–Trinajstić information content (AvgIpc) is 2.50. The van der Waals surface area contributed by atoms with E-state index in [1.165, 1.54) is 12.1 Å². The first kappa shape index (κ1) is 9.52. The molecule has 0 saturated heterocycles. The van der Waals surface area contributed by atoms with Gasteiger partial charge in [0, 0.05) is 12.0 Å². The van der Waals surface area contributed by atoms with E-state index in [2.05, 4.69) is 0 Å². The van der Waals surface area contributed by atoms with Crippen LogP contribution in [0.2, 0.25) is 0 Å². The molecule has 0 aliphatic heterocycles. The third-order valence-corrected chi connectivity index (χ3v) is 2.63. The fourth-order valence-electron chi connectivity index (χ4n) is 1.58. The standard InChI is InChI=1S/C10H10F3N/c1-6-2-3-7(8(11)4-6)9(14)5-10(9,12)13/h2-4H,5,14H2,1H3. The van der Waals surface area contributed by atoms with E-state index >= 15 is 0 Å². The van der Waals surface area contributed by atoms with Crippen LogP contribution in [-0.4, -0.2) is 5.92 Å². The number of hydrogen-bond donors (Lipinski definition) is 1. The quantitative estimate of drug-likeness (QED) is 0.741. The van der Waals surface area contributed by atoms with Crippen LogP contribution in [-0.2, 0) is 5.54 Å². The van der Waals surface area contributed by atoms with Gasteiger partial charge in [-0.05, 0) is 18.6 Å². The molecule has 0 radical (unpaired) electrons. The molecule has 1 aliphatic rings. The van der Waals surface area contributed by atoms with Crippen molar-refractivity contribution in [2.45, 2.75) is 24.8 Å². The van der Waals surface area contributed by atoms with E-state index in [9.17, 15) is 13.2 Å². The minimum Gasteiger partial charge on any atom is -0.316 e. The number of nitrogens with two attached hydrogens (primary N) is 1. The molecule has 76 valence electrons. The lowest BCUT2D eigenvalue weighted by molar-refractivity contribution is 0.0881. The van der Waals surface area contributed by atoms with Gasteiger partial charge in [0.25, 0.3) is 5.92 Å². The van der Waals surface area contributed by atoms with Gasteiger partial charge in [0.05, 0.1) is 0 Å². The number of hydrogen-bond acceptors (Lipinski definition) is 1. The van der Waals surface area contributed by atoms with Crippen LogP contribution in [0.25, 0.3) is 0 Å². The first-order valence-electron chi connectivity index (χ1n) is 4.30. The molecule has 4 heteroatoms. The Morgan fingerprint density at radius 3 is 2.36 bits per heavy atom. The van der Waals surface area contributed by atoms with Crippen molar-refractivity contribution in [1.29, 1.82) is 0 Å². The van der Waals surface area contributed by atoms with Crippen LogP contribution in [0.4, 0.5) is 13.2 Å². The lowest BCUT2D eigenvalue weighted by Gasteiger charge is -2.12. The molecular weight excluding hydrogens is 191 g/mol. The fraction of sp³-hybridized carbons (Fsp3) is 0.400. The van der Waals surface area contributed by atoms with Gasteiger partial charge >= 0.3 is 0 Å². The highest BCUT2D eigenvalue weighted by atomic mass is 19.3. The molecule has 0 amide bonds. The van der Waals surface area contributed by atoms with Gasteiger partial charge in [0.15, 0.2) is 0 Å². The van der Waals surface area contributed by atoms with Crippen molar-refractivity contribution in [3.05, 3.63) is 35.1 Å². The molecule has 1 aromatic rings. The number of halogens is 3. The minimum atomic E-state index is -2.97. The molecule has 1 unspecified atom stereocenters. The summed E-state index contributed by atoms with van der Waals surface area (Å²) in [5, 5.41) is 0. The van der Waals surface area contributed by atoms with Crippen molar-refractivity contribution in [2.24, 2.45) is 5.73 Å². The van der Waals surface area contributed by atoms with Crippen LogP contribution in [0, 0.1) is 12.7 Å². The Morgan fingerprint density at radius 1 is 1.36 bits per heavy atom. The Hall–Kier alpha value is -1.03. The summed E-state index contributed by atoms with van der Waals surface area (Å²) in [5.41, 5.74) is 4.22. The molecule has 0 spiro atoms. The second kappa shape index (κ2) is 2.51. The number of benzene rings is 1.